The zero-order valence-corrected chi connectivity index (χ0v) is 27.6. The lowest BCUT2D eigenvalue weighted by atomic mass is 10.00. The minimum Gasteiger partial charge on any atom is -0.448 e. The normalized spacial score (nSPS) is 20.2. The fraction of sp³-hybridized carbons (Fsp3) is 0.286. The van der Waals surface area contributed by atoms with Crippen LogP contribution in [0.4, 0.5) is 9.80 Å². The number of carbonyl (C=O) groups is 4. The molecular weight excluding hydrogens is 637 g/mol. The molecule has 10 nitrogen and oxygen atoms in total. The highest BCUT2D eigenvalue weighted by Crippen LogP contribution is 2.43. The van der Waals surface area contributed by atoms with E-state index >= 15 is 0 Å². The van der Waals surface area contributed by atoms with Gasteiger partial charge in [0, 0.05) is 17.9 Å². The SMILES string of the molecule is CC(C)(C)OC(=O)N[C@@H]1C(=O)N2C(C(=O)OC(c3ccccc3)c3ccccc3)=C(/C=C3\CCN(c4sccc4C#N)C3=O)CS[C@H]12. The predicted octanol–water partition coefficient (Wildman–Crippen LogP) is 5.68. The molecule has 3 aliphatic rings. The smallest absolute Gasteiger partial charge is 0.408 e. The highest BCUT2D eigenvalue weighted by molar-refractivity contribution is 8.00. The fourth-order valence-electron chi connectivity index (χ4n) is 5.67. The number of alkyl carbamates (subject to hydrolysis) is 1. The van der Waals surface area contributed by atoms with Crippen LogP contribution in [0, 0.1) is 11.3 Å². The van der Waals surface area contributed by atoms with Gasteiger partial charge in [-0.25, -0.2) is 9.59 Å². The van der Waals surface area contributed by atoms with E-state index in [1.165, 1.54) is 28.0 Å². The lowest BCUT2D eigenvalue weighted by Gasteiger charge is -2.49. The monoisotopic (exact) mass is 668 g/mol. The Morgan fingerprint density at radius 3 is 2.32 bits per heavy atom. The van der Waals surface area contributed by atoms with Crippen LogP contribution in [0.2, 0.25) is 0 Å². The molecule has 0 radical (unpaired) electrons. The summed E-state index contributed by atoms with van der Waals surface area (Å²) in [5.74, 6) is -1.19. The van der Waals surface area contributed by atoms with Crippen LogP contribution in [0.3, 0.4) is 0 Å². The van der Waals surface area contributed by atoms with Crippen molar-refractivity contribution in [3.05, 3.63) is 112 Å². The lowest BCUT2D eigenvalue weighted by Crippen LogP contribution is -2.70. The minimum absolute atomic E-state index is 0.0328. The molecule has 6 rings (SSSR count). The van der Waals surface area contributed by atoms with Crippen molar-refractivity contribution in [3.63, 3.8) is 0 Å². The van der Waals surface area contributed by atoms with Gasteiger partial charge < -0.3 is 14.8 Å². The van der Waals surface area contributed by atoms with Gasteiger partial charge in [0.15, 0.2) is 6.10 Å². The summed E-state index contributed by atoms with van der Waals surface area (Å²) in [6.45, 7) is 5.58. The van der Waals surface area contributed by atoms with Gasteiger partial charge in [0.2, 0.25) is 0 Å². The van der Waals surface area contributed by atoms with Crippen LogP contribution >= 0.6 is 23.1 Å². The number of β-lactam (4-membered cyclic amide) rings is 1. The summed E-state index contributed by atoms with van der Waals surface area (Å²) in [5.41, 5.74) is 2.13. The summed E-state index contributed by atoms with van der Waals surface area (Å²) in [7, 11) is 0. The largest absolute Gasteiger partial charge is 0.448 e. The second kappa shape index (κ2) is 13.1. The fourth-order valence-corrected chi connectivity index (χ4v) is 7.85. The maximum Gasteiger partial charge on any atom is 0.408 e. The molecule has 2 aromatic carbocycles. The van der Waals surface area contributed by atoms with Crippen LogP contribution in [0.1, 0.15) is 50.0 Å². The number of benzene rings is 2. The molecule has 0 aliphatic carbocycles. The van der Waals surface area contributed by atoms with Crippen molar-refractivity contribution in [1.29, 1.82) is 5.26 Å². The van der Waals surface area contributed by atoms with Crippen LogP contribution in [0.15, 0.2) is 95.0 Å². The van der Waals surface area contributed by atoms with E-state index in [4.69, 9.17) is 9.47 Å². The number of esters is 1. The number of carbonyl (C=O) groups excluding carboxylic acids is 4. The molecule has 0 bridgehead atoms. The number of anilines is 1. The number of nitrogens with one attached hydrogen (secondary N) is 1. The number of fused-ring (bicyclic) bond motifs is 1. The number of nitrogens with zero attached hydrogens (tertiary/aromatic N) is 3. The quantitative estimate of drug-likeness (QED) is 0.194. The van der Waals surface area contributed by atoms with E-state index in [1.54, 1.807) is 43.2 Å². The number of allylic oxidation sites excluding steroid dienone is 1. The van der Waals surface area contributed by atoms with Crippen molar-refractivity contribution in [3.8, 4) is 6.07 Å². The molecule has 2 saturated heterocycles. The highest BCUT2D eigenvalue weighted by Gasteiger charge is 2.55. The molecule has 1 N–H and O–H groups in total. The predicted molar refractivity (Wildman–Crippen MR) is 178 cm³/mol. The first kappa shape index (κ1) is 32.1. The van der Waals surface area contributed by atoms with Gasteiger partial charge in [0.1, 0.15) is 33.8 Å². The first-order valence-electron chi connectivity index (χ1n) is 15.0. The summed E-state index contributed by atoms with van der Waals surface area (Å²) in [6.07, 6.45) is 0.573. The Balaban J connectivity index is 1.35. The Labute approximate surface area is 280 Å². The van der Waals surface area contributed by atoms with Gasteiger partial charge >= 0.3 is 12.1 Å². The van der Waals surface area contributed by atoms with Gasteiger partial charge in [-0.3, -0.25) is 19.4 Å². The first-order valence-corrected chi connectivity index (χ1v) is 17.0. The summed E-state index contributed by atoms with van der Waals surface area (Å²) in [6, 6.07) is 21.5. The van der Waals surface area contributed by atoms with E-state index in [-0.39, 0.29) is 17.4 Å². The Hall–Kier alpha value is -4.86. The molecular formula is C35H32N4O6S2. The van der Waals surface area contributed by atoms with Gasteiger partial charge in [-0.15, -0.1) is 23.1 Å². The maximum absolute atomic E-state index is 14.3. The molecule has 3 aromatic rings. The molecule has 1 aromatic heterocycles. The number of amides is 3. The zero-order valence-electron chi connectivity index (χ0n) is 26.0. The number of thioether (sulfide) groups is 1. The summed E-state index contributed by atoms with van der Waals surface area (Å²) < 4.78 is 11.6. The van der Waals surface area contributed by atoms with Crippen molar-refractivity contribution in [1.82, 2.24) is 10.2 Å². The summed E-state index contributed by atoms with van der Waals surface area (Å²) in [5, 5.41) is 13.9. The van der Waals surface area contributed by atoms with Crippen molar-refractivity contribution < 1.29 is 28.7 Å². The van der Waals surface area contributed by atoms with Gasteiger partial charge in [-0.05, 0) is 61.4 Å². The molecule has 240 valence electrons. The summed E-state index contributed by atoms with van der Waals surface area (Å²) in [4.78, 5) is 56.9. The third-order valence-electron chi connectivity index (χ3n) is 7.78. The van der Waals surface area contributed by atoms with Crippen molar-refractivity contribution in [2.75, 3.05) is 17.2 Å². The van der Waals surface area contributed by atoms with E-state index in [9.17, 15) is 24.4 Å². The number of ether oxygens (including phenoxy) is 2. The van der Waals surface area contributed by atoms with Gasteiger partial charge in [-0.1, -0.05) is 60.7 Å². The van der Waals surface area contributed by atoms with Crippen LogP contribution in [0.25, 0.3) is 0 Å². The molecule has 0 spiro atoms. The average molecular weight is 669 g/mol. The van der Waals surface area contributed by atoms with E-state index in [0.717, 1.165) is 11.1 Å². The van der Waals surface area contributed by atoms with E-state index in [0.29, 0.717) is 34.7 Å². The van der Waals surface area contributed by atoms with Gasteiger partial charge in [-0.2, -0.15) is 5.26 Å². The third kappa shape index (κ3) is 6.54. The molecule has 0 unspecified atom stereocenters. The molecule has 3 aliphatic heterocycles. The molecule has 3 amide bonds. The number of hydrogen-bond donors (Lipinski definition) is 1. The Bertz CT molecular complexity index is 1780. The van der Waals surface area contributed by atoms with Gasteiger partial charge in [0.05, 0.1) is 5.56 Å². The lowest BCUT2D eigenvalue weighted by molar-refractivity contribution is -0.153. The Kier molecular flexibility index (Phi) is 8.94. The number of thiophene rings is 1. The second-order valence-electron chi connectivity index (χ2n) is 12.1. The second-order valence-corrected chi connectivity index (χ2v) is 14.1. The van der Waals surface area contributed by atoms with Crippen LogP contribution < -0.4 is 10.2 Å². The maximum atomic E-state index is 14.3. The van der Waals surface area contributed by atoms with E-state index in [2.05, 4.69) is 11.4 Å². The van der Waals surface area contributed by atoms with Crippen molar-refractivity contribution in [2.24, 2.45) is 0 Å². The van der Waals surface area contributed by atoms with E-state index in [1.807, 2.05) is 60.7 Å². The topological polar surface area (TPSA) is 129 Å². The van der Waals surface area contributed by atoms with Crippen LogP contribution in [0.5, 0.6) is 0 Å². The van der Waals surface area contributed by atoms with Crippen LogP contribution in [-0.2, 0) is 23.9 Å². The standard InChI is InChI=1S/C35H32N4O6S2/c1-35(2,3)45-34(43)37-26-30(41)39-27(33(42)44-28(21-10-6-4-7-11-21)22-12-8-5-9-13-22)25(20-47-32(26)39)18-23-14-16-38(29(23)40)31-24(19-36)15-17-46-31/h4-13,15,17-18,26,28,32H,14,16,20H2,1-3H3,(H,37,43)/b23-18+/t26-,32-/m1/s1. The highest BCUT2D eigenvalue weighted by atomic mass is 32.2. The van der Waals surface area contributed by atoms with Crippen molar-refractivity contribution in [2.45, 2.75) is 50.3 Å². The Morgan fingerprint density at radius 1 is 1.04 bits per heavy atom. The average Bonchev–Trinajstić information content (AvgIpc) is 3.67. The summed E-state index contributed by atoms with van der Waals surface area (Å²) >= 11 is 2.69. The number of rotatable bonds is 7. The molecule has 2 fully saturated rings. The molecule has 4 heterocycles. The van der Waals surface area contributed by atoms with E-state index < -0.39 is 41.1 Å². The molecule has 2 atom stereocenters. The molecule has 0 saturated carbocycles. The zero-order chi connectivity index (χ0) is 33.3. The van der Waals surface area contributed by atoms with Crippen LogP contribution in [-0.4, -0.2) is 58.1 Å². The van der Waals surface area contributed by atoms with Crippen molar-refractivity contribution >= 4 is 52.0 Å². The number of hydrogen-bond acceptors (Lipinski definition) is 9. The molecule has 12 heteroatoms. The molecule has 47 heavy (non-hydrogen) atoms. The number of nitriles is 1. The Morgan fingerprint density at radius 2 is 1.70 bits per heavy atom. The minimum atomic E-state index is -0.905. The first-order chi connectivity index (χ1) is 22.6. The third-order valence-corrected chi connectivity index (χ3v) is 10.0. The van der Waals surface area contributed by atoms with Gasteiger partial charge in [0.25, 0.3) is 11.8 Å².